The molecule has 0 bridgehead atoms. The van der Waals surface area contributed by atoms with E-state index in [0.717, 1.165) is 12.1 Å². The Morgan fingerprint density at radius 1 is 0.737 bits per heavy atom. The smallest absolute Gasteiger partial charge is 0.434 e. The molecule has 0 spiro atoms. The molecule has 7 heteroatoms. The molecular weight excluding hydrogens is 280 g/mol. The largest absolute Gasteiger partial charge is 0.518 e. The van der Waals surface area contributed by atoms with E-state index in [9.17, 15) is 9.59 Å². The van der Waals surface area contributed by atoms with Gasteiger partial charge in [-0.1, -0.05) is 39.3 Å². The number of ether oxygens (including phenoxy) is 3. The summed E-state index contributed by atoms with van der Waals surface area (Å²) in [7, 11) is -2.50. The van der Waals surface area contributed by atoms with Crippen molar-refractivity contribution in [2.45, 2.75) is 51.4 Å². The molecule has 0 amide bonds. The minimum Gasteiger partial charge on any atom is -0.434 e. The first-order valence-electron chi connectivity index (χ1n) is 6.51. The van der Waals surface area contributed by atoms with E-state index >= 15 is 0 Å². The number of hydrogen-bond acceptors (Lipinski definition) is 5. The highest BCUT2D eigenvalue weighted by Gasteiger charge is 2.18. The average Bonchev–Trinajstić information content (AvgIpc) is 2.12. The first kappa shape index (κ1) is 18.2. The van der Waals surface area contributed by atoms with Crippen LogP contribution < -0.4 is 0 Å². The predicted octanol–water partition coefficient (Wildman–Crippen LogP) is 3.95. The maximum atomic E-state index is 11.2. The van der Waals surface area contributed by atoms with Gasteiger partial charge in [-0.05, 0) is 12.1 Å². The van der Waals surface area contributed by atoms with Crippen molar-refractivity contribution in [2.24, 2.45) is 0 Å². The van der Waals surface area contributed by atoms with E-state index < -0.39 is 28.5 Å². The average molecular weight is 307 g/mol. The molecule has 0 heterocycles. The second-order valence-electron chi connectivity index (χ2n) is 6.92. The van der Waals surface area contributed by atoms with E-state index in [1.165, 1.54) is 0 Å². The molecule has 0 N–H and O–H groups in total. The molecule has 0 fully saturated rings. The number of rotatable bonds is 6. The van der Waals surface area contributed by atoms with Gasteiger partial charge in [-0.2, -0.15) is 0 Å². The van der Waals surface area contributed by atoms with Crippen LogP contribution >= 0.6 is 0 Å². The SMILES string of the molecule is C[Si](C)(C)CCOC(=O)OC(=O)OCC[Si](C)(C)C. The van der Waals surface area contributed by atoms with Crippen molar-refractivity contribution in [1.29, 1.82) is 0 Å². The van der Waals surface area contributed by atoms with Crippen LogP contribution in [0, 0.1) is 0 Å². The predicted molar refractivity (Wildman–Crippen MR) is 80.1 cm³/mol. The van der Waals surface area contributed by atoms with Gasteiger partial charge in [-0.15, -0.1) is 0 Å². The lowest BCUT2D eigenvalue weighted by Gasteiger charge is -2.15. The van der Waals surface area contributed by atoms with Crippen LogP contribution in [-0.4, -0.2) is 41.7 Å². The second-order valence-corrected chi connectivity index (χ2v) is 18.2. The third kappa shape index (κ3) is 13.4. The van der Waals surface area contributed by atoms with Crippen molar-refractivity contribution < 1.29 is 23.8 Å². The topological polar surface area (TPSA) is 61.8 Å². The van der Waals surface area contributed by atoms with Crippen molar-refractivity contribution >= 4 is 28.5 Å². The Balaban J connectivity index is 3.73. The zero-order chi connectivity index (χ0) is 15.1. The van der Waals surface area contributed by atoms with E-state index in [4.69, 9.17) is 9.47 Å². The lowest BCUT2D eigenvalue weighted by Crippen LogP contribution is -2.25. The Morgan fingerprint density at radius 2 is 1.05 bits per heavy atom. The molecule has 112 valence electrons. The van der Waals surface area contributed by atoms with Gasteiger partial charge in [0.15, 0.2) is 0 Å². The van der Waals surface area contributed by atoms with Crippen LogP contribution in [0.4, 0.5) is 9.59 Å². The van der Waals surface area contributed by atoms with Crippen LogP contribution in [0.3, 0.4) is 0 Å². The van der Waals surface area contributed by atoms with Crippen LogP contribution in [0.5, 0.6) is 0 Å². The highest BCUT2D eigenvalue weighted by atomic mass is 28.3. The van der Waals surface area contributed by atoms with Crippen molar-refractivity contribution in [2.75, 3.05) is 13.2 Å². The van der Waals surface area contributed by atoms with Gasteiger partial charge in [-0.3, -0.25) is 0 Å². The van der Waals surface area contributed by atoms with Gasteiger partial charge >= 0.3 is 12.3 Å². The summed E-state index contributed by atoms with van der Waals surface area (Å²) in [6, 6.07) is 1.68. The molecule has 0 radical (unpaired) electrons. The van der Waals surface area contributed by atoms with Gasteiger partial charge < -0.3 is 14.2 Å². The first-order chi connectivity index (χ1) is 8.49. The zero-order valence-corrected chi connectivity index (χ0v) is 14.9. The van der Waals surface area contributed by atoms with Crippen molar-refractivity contribution in [3.05, 3.63) is 0 Å². The van der Waals surface area contributed by atoms with Crippen molar-refractivity contribution in [1.82, 2.24) is 0 Å². The fraction of sp³-hybridized carbons (Fsp3) is 0.833. The molecule has 0 atom stereocenters. The summed E-state index contributed by atoms with van der Waals surface area (Å²) in [5.41, 5.74) is 0. The highest BCUT2D eigenvalue weighted by Crippen LogP contribution is 2.09. The van der Waals surface area contributed by atoms with Crippen LogP contribution in [0.1, 0.15) is 0 Å². The number of hydrogen-bond donors (Lipinski definition) is 0. The Labute approximate surface area is 117 Å². The van der Waals surface area contributed by atoms with E-state index in [-0.39, 0.29) is 13.2 Å². The van der Waals surface area contributed by atoms with Crippen LogP contribution in [0.15, 0.2) is 0 Å². The van der Waals surface area contributed by atoms with Crippen molar-refractivity contribution in [3.63, 3.8) is 0 Å². The van der Waals surface area contributed by atoms with E-state index in [1.807, 2.05) is 0 Å². The zero-order valence-electron chi connectivity index (χ0n) is 12.9. The van der Waals surface area contributed by atoms with E-state index in [1.54, 1.807) is 0 Å². The maximum Gasteiger partial charge on any atom is 0.518 e. The molecule has 0 rings (SSSR count). The molecule has 0 aromatic carbocycles. The molecule has 5 nitrogen and oxygen atoms in total. The molecule has 0 aliphatic heterocycles. The third-order valence-electron chi connectivity index (χ3n) is 2.31. The summed E-state index contributed by atoms with van der Waals surface area (Å²) in [5, 5.41) is 0. The summed E-state index contributed by atoms with van der Waals surface area (Å²) >= 11 is 0. The molecule has 19 heavy (non-hydrogen) atoms. The minimum atomic E-state index is -1.25. The van der Waals surface area contributed by atoms with Gasteiger partial charge in [0, 0.05) is 16.1 Å². The molecular formula is C12H26O5Si2. The Bertz CT molecular complexity index is 274. The molecule has 0 unspecified atom stereocenters. The monoisotopic (exact) mass is 306 g/mol. The molecule has 0 saturated heterocycles. The van der Waals surface area contributed by atoms with Crippen LogP contribution in [-0.2, 0) is 14.2 Å². The standard InChI is InChI=1S/C12H26O5Si2/c1-18(2,3)9-7-15-11(13)17-12(14)16-8-10-19(4,5)6/h7-10H2,1-6H3. The van der Waals surface area contributed by atoms with Gasteiger partial charge in [0.25, 0.3) is 0 Å². The lowest BCUT2D eigenvalue weighted by atomic mass is 10.8. The minimum absolute atomic E-state index is 0.288. The number of carbonyl (C=O) groups is 2. The Morgan fingerprint density at radius 3 is 1.32 bits per heavy atom. The first-order valence-corrected chi connectivity index (χ1v) is 13.9. The third-order valence-corrected chi connectivity index (χ3v) is 5.72. The Kier molecular flexibility index (Phi) is 7.35. The van der Waals surface area contributed by atoms with Gasteiger partial charge in [0.2, 0.25) is 0 Å². The van der Waals surface area contributed by atoms with Gasteiger partial charge in [-0.25, -0.2) is 9.59 Å². The van der Waals surface area contributed by atoms with Crippen LogP contribution in [0.2, 0.25) is 51.4 Å². The van der Waals surface area contributed by atoms with Crippen LogP contribution in [0.25, 0.3) is 0 Å². The molecule has 0 aliphatic rings. The summed E-state index contributed by atoms with van der Waals surface area (Å²) in [5.74, 6) is 0. The highest BCUT2D eigenvalue weighted by molar-refractivity contribution is 6.76. The van der Waals surface area contributed by atoms with E-state index in [2.05, 4.69) is 44.0 Å². The van der Waals surface area contributed by atoms with Gasteiger partial charge in [0.05, 0.1) is 13.2 Å². The second kappa shape index (κ2) is 7.69. The molecule has 0 aromatic heterocycles. The summed E-state index contributed by atoms with van der Waals surface area (Å²) in [6.07, 6.45) is -1.95. The fourth-order valence-corrected chi connectivity index (χ4v) is 2.44. The summed E-state index contributed by atoms with van der Waals surface area (Å²) in [4.78, 5) is 22.4. The van der Waals surface area contributed by atoms with Gasteiger partial charge in [0.1, 0.15) is 0 Å². The fourth-order valence-electron chi connectivity index (χ4n) is 1.01. The number of carbonyl (C=O) groups excluding carboxylic acids is 2. The summed E-state index contributed by atoms with van der Waals surface area (Å²) in [6.45, 7) is 13.6. The summed E-state index contributed by atoms with van der Waals surface area (Å²) < 4.78 is 14.0. The van der Waals surface area contributed by atoms with E-state index in [0.29, 0.717) is 0 Å². The quantitative estimate of drug-likeness (QED) is 0.422. The maximum absolute atomic E-state index is 11.2. The molecule has 0 saturated carbocycles. The molecule has 0 aliphatic carbocycles. The lowest BCUT2D eigenvalue weighted by molar-refractivity contribution is 0.0407. The van der Waals surface area contributed by atoms with Crippen molar-refractivity contribution in [3.8, 4) is 0 Å². The molecule has 0 aromatic rings. The normalized spacial score (nSPS) is 11.9. The Hall–Kier alpha value is -0.826.